The van der Waals surface area contributed by atoms with Gasteiger partial charge < -0.3 is 20.4 Å². The third-order valence-electron chi connectivity index (χ3n) is 6.73. The molecule has 0 aliphatic heterocycles. The molecular formula is C34H28Cl2CoN6O4. The van der Waals surface area contributed by atoms with E-state index >= 15 is 0 Å². The van der Waals surface area contributed by atoms with Gasteiger partial charge in [-0.15, -0.1) is 0 Å². The number of para-hydroxylation sites is 4. The number of phenolic OH excluding ortho intramolecular Hbond substituents is 2. The Morgan fingerprint density at radius 3 is 1.23 bits per heavy atom. The summed E-state index contributed by atoms with van der Waals surface area (Å²) < 4.78 is 2.83. The SMILES string of the molecule is Cc1nn(-c2ccc(Cl)cc2)c(O)c1C=Nc1ccccc1O.Cc1nn(-c2ccc(Cl)cc2)c(O)c1C=Nc1ccccc1O.[Co]. The van der Waals surface area contributed by atoms with Crippen LogP contribution in [0.3, 0.4) is 0 Å². The van der Waals surface area contributed by atoms with Gasteiger partial charge in [0.15, 0.2) is 0 Å². The van der Waals surface area contributed by atoms with Crippen molar-refractivity contribution in [3.8, 4) is 34.6 Å². The number of rotatable bonds is 6. The maximum Gasteiger partial charge on any atom is 0.223 e. The molecule has 0 bridgehead atoms. The van der Waals surface area contributed by atoms with Crippen LogP contribution >= 0.6 is 23.2 Å². The molecule has 10 nitrogen and oxygen atoms in total. The average molecular weight is 714 g/mol. The first-order valence-electron chi connectivity index (χ1n) is 13.9. The van der Waals surface area contributed by atoms with E-state index in [0.717, 1.165) is 0 Å². The topological polar surface area (TPSA) is 141 Å². The van der Waals surface area contributed by atoms with Gasteiger partial charge in [0.05, 0.1) is 33.9 Å². The summed E-state index contributed by atoms with van der Waals surface area (Å²) in [6, 6.07) is 27.4. The summed E-state index contributed by atoms with van der Waals surface area (Å²) in [5.41, 5.74) is 4.45. The molecule has 13 heteroatoms. The number of hydrogen-bond donors (Lipinski definition) is 4. The van der Waals surface area contributed by atoms with Crippen LogP contribution in [0.15, 0.2) is 107 Å². The number of aryl methyl sites for hydroxylation is 2. The number of aromatic hydroxyl groups is 4. The third kappa shape index (κ3) is 8.21. The second kappa shape index (κ2) is 15.5. The van der Waals surface area contributed by atoms with Crippen molar-refractivity contribution in [2.45, 2.75) is 13.8 Å². The largest absolute Gasteiger partial charge is 0.506 e. The second-order valence-electron chi connectivity index (χ2n) is 9.92. The molecule has 0 unspecified atom stereocenters. The molecule has 0 aliphatic carbocycles. The molecule has 2 heterocycles. The number of aliphatic imine (C=N–C) groups is 2. The molecule has 6 aromatic rings. The van der Waals surface area contributed by atoms with Gasteiger partial charge in [-0.3, -0.25) is 9.98 Å². The number of phenols is 2. The molecule has 0 saturated heterocycles. The number of nitrogens with zero attached hydrogens (tertiary/aromatic N) is 6. The smallest absolute Gasteiger partial charge is 0.223 e. The Labute approximate surface area is 290 Å². The third-order valence-corrected chi connectivity index (χ3v) is 7.24. The van der Waals surface area contributed by atoms with Crippen molar-refractivity contribution >= 4 is 47.0 Å². The van der Waals surface area contributed by atoms with E-state index in [-0.39, 0.29) is 40.0 Å². The van der Waals surface area contributed by atoms with E-state index in [9.17, 15) is 20.4 Å². The zero-order chi connectivity index (χ0) is 32.8. The summed E-state index contributed by atoms with van der Waals surface area (Å²) in [4.78, 5) is 8.42. The summed E-state index contributed by atoms with van der Waals surface area (Å²) in [6.45, 7) is 3.55. The van der Waals surface area contributed by atoms with E-state index < -0.39 is 0 Å². The van der Waals surface area contributed by atoms with Crippen LogP contribution in [0.2, 0.25) is 10.0 Å². The minimum atomic E-state index is -0.0241. The molecule has 4 N–H and O–H groups in total. The first kappa shape index (κ1) is 34.8. The van der Waals surface area contributed by atoms with E-state index in [1.807, 2.05) is 0 Å². The summed E-state index contributed by atoms with van der Waals surface area (Å²) in [5.74, 6) is 0.102. The van der Waals surface area contributed by atoms with Crippen molar-refractivity contribution in [1.29, 1.82) is 0 Å². The fourth-order valence-corrected chi connectivity index (χ4v) is 4.55. The van der Waals surface area contributed by atoms with Crippen molar-refractivity contribution in [3.63, 3.8) is 0 Å². The van der Waals surface area contributed by atoms with Gasteiger partial charge in [0, 0.05) is 39.3 Å². The minimum absolute atomic E-state index is 0. The molecule has 0 amide bonds. The van der Waals surface area contributed by atoms with Crippen LogP contribution in [-0.2, 0) is 16.8 Å². The van der Waals surface area contributed by atoms with Crippen molar-refractivity contribution < 1.29 is 37.2 Å². The normalized spacial score (nSPS) is 11.0. The van der Waals surface area contributed by atoms with Crippen LogP contribution in [0.4, 0.5) is 11.4 Å². The van der Waals surface area contributed by atoms with Gasteiger partial charge in [-0.05, 0) is 86.6 Å². The molecule has 0 spiro atoms. The molecule has 0 saturated carbocycles. The predicted octanol–water partition coefficient (Wildman–Crippen LogP) is 7.99. The molecular weight excluding hydrogens is 686 g/mol. The van der Waals surface area contributed by atoms with Gasteiger partial charge in [-0.1, -0.05) is 47.5 Å². The van der Waals surface area contributed by atoms with Crippen molar-refractivity contribution in [3.05, 3.63) is 130 Å². The van der Waals surface area contributed by atoms with Gasteiger partial charge in [0.25, 0.3) is 0 Å². The number of halogens is 2. The maximum atomic E-state index is 10.4. The van der Waals surface area contributed by atoms with Crippen LogP contribution in [0.5, 0.6) is 23.3 Å². The Hall–Kier alpha value is -5.07. The molecule has 47 heavy (non-hydrogen) atoms. The zero-order valence-corrected chi connectivity index (χ0v) is 27.5. The van der Waals surface area contributed by atoms with Gasteiger partial charge in [-0.25, -0.2) is 9.36 Å². The minimum Gasteiger partial charge on any atom is -0.506 e. The quantitative estimate of drug-likeness (QED) is 0.129. The fraction of sp³-hybridized carbons (Fsp3) is 0.0588. The average Bonchev–Trinajstić information content (AvgIpc) is 3.50. The van der Waals surface area contributed by atoms with Crippen LogP contribution < -0.4 is 0 Å². The Morgan fingerprint density at radius 1 is 0.553 bits per heavy atom. The fourth-order valence-electron chi connectivity index (χ4n) is 4.30. The Bertz CT molecular complexity index is 1890. The van der Waals surface area contributed by atoms with Crippen LogP contribution in [0, 0.1) is 13.8 Å². The molecule has 0 aliphatic rings. The van der Waals surface area contributed by atoms with Crippen molar-refractivity contribution in [2.75, 3.05) is 0 Å². The second-order valence-corrected chi connectivity index (χ2v) is 10.8. The summed E-state index contributed by atoms with van der Waals surface area (Å²) >= 11 is 11.7. The molecule has 4 aromatic carbocycles. The van der Waals surface area contributed by atoms with E-state index in [4.69, 9.17) is 23.2 Å². The van der Waals surface area contributed by atoms with Gasteiger partial charge >= 0.3 is 0 Å². The Kier molecular flexibility index (Phi) is 11.5. The van der Waals surface area contributed by atoms with Crippen molar-refractivity contribution in [2.24, 2.45) is 9.98 Å². The molecule has 0 atom stereocenters. The molecule has 6 rings (SSSR count). The molecule has 2 aromatic heterocycles. The molecule has 241 valence electrons. The van der Waals surface area contributed by atoms with Gasteiger partial charge in [0.2, 0.25) is 11.8 Å². The monoisotopic (exact) mass is 713 g/mol. The van der Waals surface area contributed by atoms with E-state index in [1.54, 1.807) is 111 Å². The Balaban J connectivity index is 0.000000208. The zero-order valence-electron chi connectivity index (χ0n) is 25.0. The molecule has 1 radical (unpaired) electrons. The van der Waals surface area contributed by atoms with Gasteiger partial charge in [0.1, 0.15) is 22.9 Å². The summed E-state index contributed by atoms with van der Waals surface area (Å²) in [7, 11) is 0. The van der Waals surface area contributed by atoms with E-state index in [1.165, 1.54) is 21.8 Å². The predicted molar refractivity (Wildman–Crippen MR) is 181 cm³/mol. The Morgan fingerprint density at radius 2 is 0.894 bits per heavy atom. The van der Waals surface area contributed by atoms with E-state index in [0.29, 0.717) is 55.3 Å². The number of hydrogen-bond acceptors (Lipinski definition) is 8. The van der Waals surface area contributed by atoms with Crippen molar-refractivity contribution in [1.82, 2.24) is 19.6 Å². The van der Waals surface area contributed by atoms with Gasteiger partial charge in [-0.2, -0.15) is 10.2 Å². The summed E-state index contributed by atoms with van der Waals surface area (Å²) in [6.07, 6.45) is 2.97. The summed E-state index contributed by atoms with van der Waals surface area (Å²) in [5, 5.41) is 50.1. The van der Waals surface area contributed by atoms with Crippen LogP contribution in [0.1, 0.15) is 22.5 Å². The standard InChI is InChI=1S/2C17H14ClN3O2.Co/c2*1-11-14(10-19-15-4-2-3-5-16(15)22)17(23)21(20-11)13-8-6-12(18)7-9-13;/h2*2-10,22-23H,1H3;. The first-order chi connectivity index (χ1) is 22.1. The molecule has 0 fully saturated rings. The van der Waals surface area contributed by atoms with E-state index in [2.05, 4.69) is 20.2 Å². The first-order valence-corrected chi connectivity index (χ1v) is 14.6. The number of aromatic nitrogens is 4. The maximum absolute atomic E-state index is 10.4. The van der Waals surface area contributed by atoms with Crippen LogP contribution in [-0.4, -0.2) is 52.4 Å². The van der Waals surface area contributed by atoms with Crippen LogP contribution in [0.25, 0.3) is 11.4 Å². The number of benzene rings is 4.